The molecule has 0 radical (unpaired) electrons. The molecule has 0 unspecified atom stereocenters. The molecule has 0 atom stereocenters. The standard InChI is InChI=1S/C15H11F3N2/c1-9-3-2-4-12-13(9)20-14(19-12)10-5-7-11(8-6-10)15(16,17)18/h2-8H,1H3,(H,19,20). The van der Waals surface area contributed by atoms with Gasteiger partial charge in [-0.15, -0.1) is 0 Å². The van der Waals surface area contributed by atoms with Gasteiger partial charge in [0.05, 0.1) is 16.6 Å². The maximum Gasteiger partial charge on any atom is 0.416 e. The first kappa shape index (κ1) is 12.7. The lowest BCUT2D eigenvalue weighted by Gasteiger charge is -2.06. The van der Waals surface area contributed by atoms with Gasteiger partial charge in [0.15, 0.2) is 0 Å². The summed E-state index contributed by atoms with van der Waals surface area (Å²) in [7, 11) is 0. The Kier molecular flexibility index (Phi) is 2.78. The van der Waals surface area contributed by atoms with E-state index in [0.717, 1.165) is 28.7 Å². The molecule has 1 aromatic heterocycles. The molecule has 2 aromatic carbocycles. The molecule has 0 aliphatic rings. The largest absolute Gasteiger partial charge is 0.416 e. The van der Waals surface area contributed by atoms with Crippen LogP contribution < -0.4 is 0 Å². The van der Waals surface area contributed by atoms with Crippen molar-refractivity contribution in [2.45, 2.75) is 13.1 Å². The zero-order valence-corrected chi connectivity index (χ0v) is 10.6. The van der Waals surface area contributed by atoms with E-state index in [-0.39, 0.29) is 0 Å². The number of aromatic nitrogens is 2. The number of fused-ring (bicyclic) bond motifs is 1. The second-order valence-electron chi connectivity index (χ2n) is 4.63. The lowest BCUT2D eigenvalue weighted by molar-refractivity contribution is -0.137. The molecule has 3 aromatic rings. The van der Waals surface area contributed by atoms with Crippen LogP contribution >= 0.6 is 0 Å². The maximum absolute atomic E-state index is 12.5. The number of rotatable bonds is 1. The summed E-state index contributed by atoms with van der Waals surface area (Å²) in [5.74, 6) is 0.572. The lowest BCUT2D eigenvalue weighted by Crippen LogP contribution is -2.04. The molecular weight excluding hydrogens is 265 g/mol. The van der Waals surface area contributed by atoms with E-state index in [4.69, 9.17) is 0 Å². The van der Waals surface area contributed by atoms with E-state index < -0.39 is 11.7 Å². The summed E-state index contributed by atoms with van der Waals surface area (Å²) in [5.41, 5.74) is 2.71. The van der Waals surface area contributed by atoms with Crippen molar-refractivity contribution in [3.8, 4) is 11.4 Å². The average Bonchev–Trinajstić information content (AvgIpc) is 2.83. The van der Waals surface area contributed by atoms with E-state index in [9.17, 15) is 13.2 Å². The average molecular weight is 276 g/mol. The quantitative estimate of drug-likeness (QED) is 0.693. The van der Waals surface area contributed by atoms with Gasteiger partial charge in [0.1, 0.15) is 5.82 Å². The lowest BCUT2D eigenvalue weighted by atomic mass is 10.1. The minimum absolute atomic E-state index is 0.572. The zero-order chi connectivity index (χ0) is 14.3. The Balaban J connectivity index is 2.05. The van der Waals surface area contributed by atoms with Crippen LogP contribution in [0.15, 0.2) is 42.5 Å². The highest BCUT2D eigenvalue weighted by atomic mass is 19.4. The molecule has 0 saturated carbocycles. The number of aryl methyl sites for hydroxylation is 1. The van der Waals surface area contributed by atoms with Crippen molar-refractivity contribution < 1.29 is 13.2 Å². The second-order valence-corrected chi connectivity index (χ2v) is 4.63. The summed E-state index contributed by atoms with van der Waals surface area (Å²) in [6.45, 7) is 1.94. The van der Waals surface area contributed by atoms with Gasteiger partial charge >= 0.3 is 6.18 Å². The van der Waals surface area contributed by atoms with Crippen molar-refractivity contribution in [3.63, 3.8) is 0 Å². The second kappa shape index (κ2) is 4.37. The Hall–Kier alpha value is -2.30. The molecule has 5 heteroatoms. The van der Waals surface area contributed by atoms with Gasteiger partial charge in [-0.05, 0) is 30.7 Å². The molecule has 0 aliphatic carbocycles. The topological polar surface area (TPSA) is 28.7 Å². The summed E-state index contributed by atoms with van der Waals surface area (Å²) in [6.07, 6.45) is -4.32. The predicted octanol–water partition coefficient (Wildman–Crippen LogP) is 4.56. The molecule has 1 N–H and O–H groups in total. The number of H-pyrrole nitrogens is 1. The number of hydrogen-bond acceptors (Lipinski definition) is 1. The molecule has 3 rings (SSSR count). The Bertz CT molecular complexity index is 755. The molecular formula is C15H11F3N2. The maximum atomic E-state index is 12.5. The van der Waals surface area contributed by atoms with Crippen LogP contribution in [0, 0.1) is 6.92 Å². The van der Waals surface area contributed by atoms with Gasteiger partial charge in [0, 0.05) is 5.56 Å². The highest BCUT2D eigenvalue weighted by Crippen LogP contribution is 2.31. The third kappa shape index (κ3) is 2.15. The van der Waals surface area contributed by atoms with E-state index in [1.807, 2.05) is 25.1 Å². The normalized spacial score (nSPS) is 12.0. The van der Waals surface area contributed by atoms with Crippen molar-refractivity contribution in [3.05, 3.63) is 53.6 Å². The summed E-state index contributed by atoms with van der Waals surface area (Å²) >= 11 is 0. The van der Waals surface area contributed by atoms with E-state index in [1.54, 1.807) is 0 Å². The number of nitrogens with zero attached hydrogens (tertiary/aromatic N) is 1. The minimum atomic E-state index is -4.32. The summed E-state index contributed by atoms with van der Waals surface area (Å²) in [5, 5.41) is 0. The van der Waals surface area contributed by atoms with Gasteiger partial charge < -0.3 is 4.98 Å². The molecule has 20 heavy (non-hydrogen) atoms. The van der Waals surface area contributed by atoms with Crippen LogP contribution in [-0.2, 0) is 6.18 Å². The molecule has 0 fully saturated rings. The molecule has 0 spiro atoms. The number of benzene rings is 2. The first-order valence-electron chi connectivity index (χ1n) is 6.08. The molecule has 102 valence electrons. The van der Waals surface area contributed by atoms with Gasteiger partial charge in [0.2, 0.25) is 0 Å². The van der Waals surface area contributed by atoms with E-state index >= 15 is 0 Å². The van der Waals surface area contributed by atoms with Crippen molar-refractivity contribution in [2.24, 2.45) is 0 Å². The molecule has 0 aliphatic heterocycles. The fourth-order valence-corrected chi connectivity index (χ4v) is 2.13. The third-order valence-electron chi connectivity index (χ3n) is 3.20. The van der Waals surface area contributed by atoms with Crippen molar-refractivity contribution in [1.82, 2.24) is 9.97 Å². The van der Waals surface area contributed by atoms with Crippen LogP contribution in [0.3, 0.4) is 0 Å². The number of nitrogens with one attached hydrogen (secondary N) is 1. The van der Waals surface area contributed by atoms with Gasteiger partial charge in [-0.1, -0.05) is 24.3 Å². The smallest absolute Gasteiger partial charge is 0.338 e. The van der Waals surface area contributed by atoms with Crippen molar-refractivity contribution in [1.29, 1.82) is 0 Å². The number of imidazole rings is 1. The molecule has 1 heterocycles. The summed E-state index contributed by atoms with van der Waals surface area (Å²) in [4.78, 5) is 7.56. The number of para-hydroxylation sites is 1. The summed E-state index contributed by atoms with van der Waals surface area (Å²) in [6, 6.07) is 10.7. The van der Waals surface area contributed by atoms with E-state index in [1.165, 1.54) is 12.1 Å². The predicted molar refractivity (Wildman–Crippen MR) is 71.3 cm³/mol. The highest BCUT2D eigenvalue weighted by Gasteiger charge is 2.30. The summed E-state index contributed by atoms with van der Waals surface area (Å²) < 4.78 is 37.6. The molecule has 0 saturated heterocycles. The fourth-order valence-electron chi connectivity index (χ4n) is 2.13. The van der Waals surface area contributed by atoms with Crippen LogP contribution in [0.25, 0.3) is 22.4 Å². The minimum Gasteiger partial charge on any atom is -0.338 e. The van der Waals surface area contributed by atoms with Crippen molar-refractivity contribution in [2.75, 3.05) is 0 Å². The molecule has 0 amide bonds. The van der Waals surface area contributed by atoms with Gasteiger partial charge in [-0.3, -0.25) is 0 Å². The van der Waals surface area contributed by atoms with Crippen LogP contribution in [0.4, 0.5) is 13.2 Å². The van der Waals surface area contributed by atoms with Gasteiger partial charge in [-0.2, -0.15) is 13.2 Å². The number of alkyl halides is 3. The van der Waals surface area contributed by atoms with E-state index in [2.05, 4.69) is 9.97 Å². The third-order valence-corrected chi connectivity index (χ3v) is 3.20. The first-order valence-corrected chi connectivity index (χ1v) is 6.08. The van der Waals surface area contributed by atoms with Crippen LogP contribution in [0.1, 0.15) is 11.1 Å². The van der Waals surface area contributed by atoms with Crippen LogP contribution in [0.2, 0.25) is 0 Å². The number of hydrogen-bond donors (Lipinski definition) is 1. The number of halogens is 3. The van der Waals surface area contributed by atoms with E-state index in [0.29, 0.717) is 11.4 Å². The first-order chi connectivity index (χ1) is 9.45. The Labute approximate surface area is 113 Å². The number of aromatic amines is 1. The monoisotopic (exact) mass is 276 g/mol. The van der Waals surface area contributed by atoms with Crippen LogP contribution in [0.5, 0.6) is 0 Å². The zero-order valence-electron chi connectivity index (χ0n) is 10.6. The Morgan fingerprint density at radius 1 is 1.00 bits per heavy atom. The Morgan fingerprint density at radius 3 is 2.30 bits per heavy atom. The molecule has 0 bridgehead atoms. The van der Waals surface area contributed by atoms with Crippen molar-refractivity contribution >= 4 is 11.0 Å². The molecule has 2 nitrogen and oxygen atoms in total. The van der Waals surface area contributed by atoms with Crippen LogP contribution in [-0.4, -0.2) is 9.97 Å². The highest BCUT2D eigenvalue weighted by molar-refractivity contribution is 5.82. The fraction of sp³-hybridized carbons (Fsp3) is 0.133. The van der Waals surface area contributed by atoms with Gasteiger partial charge in [0.25, 0.3) is 0 Å². The van der Waals surface area contributed by atoms with Gasteiger partial charge in [-0.25, -0.2) is 4.98 Å². The SMILES string of the molecule is Cc1cccc2[nH]c(-c3ccc(C(F)(F)F)cc3)nc12. The Morgan fingerprint density at radius 2 is 1.70 bits per heavy atom.